The molecule has 1 aromatic heterocycles. The molecule has 1 saturated carbocycles. The molecule has 2 fully saturated rings. The van der Waals surface area contributed by atoms with Crippen molar-refractivity contribution in [2.24, 2.45) is 11.8 Å². The summed E-state index contributed by atoms with van der Waals surface area (Å²) in [4.78, 5) is 37.2. The molecule has 0 amide bonds. The highest BCUT2D eigenvalue weighted by Crippen LogP contribution is 2.40. The molecule has 178 valence electrons. The van der Waals surface area contributed by atoms with Crippen LogP contribution in [0.15, 0.2) is 17.1 Å². The van der Waals surface area contributed by atoms with E-state index in [0.29, 0.717) is 49.5 Å². The number of benzene rings is 1. The van der Waals surface area contributed by atoms with E-state index in [2.05, 4.69) is 0 Å². The Bertz CT molecular complexity index is 1130. The third-order valence-corrected chi connectivity index (χ3v) is 6.85. The van der Waals surface area contributed by atoms with Gasteiger partial charge in [0.25, 0.3) is 6.47 Å². The fraction of sp³-hybridized carbons (Fsp3) is 0.542. The summed E-state index contributed by atoms with van der Waals surface area (Å²) in [7, 11) is 1.61. The molecule has 1 aliphatic heterocycles. The predicted octanol–water partition coefficient (Wildman–Crippen LogP) is 3.13. The molecule has 4 rings (SSSR count). The molecule has 2 heterocycles. The topological polar surface area (TPSA) is 98.1 Å². The van der Waals surface area contributed by atoms with Crippen molar-refractivity contribution in [3.63, 3.8) is 0 Å². The van der Waals surface area contributed by atoms with Crippen molar-refractivity contribution >= 4 is 29.0 Å². The standard InChI is InChI=1S/C24H29FN2O6/c1-14-21-18(23(29)19(24(30)31)10-27(21)17-5-6-17)8-20(25)22(14)26-7-3-4-15(12-33-13-28)16(9-26)11-32-2/h8,10,13,15-17H,3-7,9,11-12H2,1-2H3,(H,30,31)/t15-,16+/m1/s1. The molecule has 1 aliphatic carbocycles. The Morgan fingerprint density at radius 1 is 1.27 bits per heavy atom. The zero-order valence-electron chi connectivity index (χ0n) is 18.9. The van der Waals surface area contributed by atoms with E-state index in [1.807, 2.05) is 9.47 Å². The van der Waals surface area contributed by atoms with Gasteiger partial charge in [0.15, 0.2) is 0 Å². The van der Waals surface area contributed by atoms with Crippen LogP contribution in [-0.4, -0.2) is 55.5 Å². The van der Waals surface area contributed by atoms with Crippen LogP contribution in [0.4, 0.5) is 10.1 Å². The number of aromatic nitrogens is 1. The first kappa shape index (κ1) is 23.2. The third-order valence-electron chi connectivity index (χ3n) is 6.85. The molecule has 2 aliphatic rings. The number of aromatic carboxylic acids is 1. The van der Waals surface area contributed by atoms with Gasteiger partial charge in [0.05, 0.1) is 24.4 Å². The normalized spacial score (nSPS) is 21.1. The van der Waals surface area contributed by atoms with Crippen molar-refractivity contribution in [3.8, 4) is 0 Å². The summed E-state index contributed by atoms with van der Waals surface area (Å²) in [6, 6.07) is 1.30. The lowest BCUT2D eigenvalue weighted by Crippen LogP contribution is -2.35. The predicted molar refractivity (Wildman–Crippen MR) is 120 cm³/mol. The van der Waals surface area contributed by atoms with Crippen LogP contribution in [0.5, 0.6) is 0 Å². The van der Waals surface area contributed by atoms with Crippen LogP contribution in [0.2, 0.25) is 0 Å². The van der Waals surface area contributed by atoms with Crippen molar-refractivity contribution in [1.82, 2.24) is 4.57 Å². The first-order chi connectivity index (χ1) is 15.9. The van der Waals surface area contributed by atoms with Gasteiger partial charge in [-0.3, -0.25) is 9.59 Å². The number of ether oxygens (including phenoxy) is 2. The molecule has 9 heteroatoms. The number of pyridine rings is 1. The van der Waals surface area contributed by atoms with Crippen LogP contribution in [0.25, 0.3) is 10.9 Å². The Kier molecular flexibility index (Phi) is 6.69. The van der Waals surface area contributed by atoms with E-state index >= 15 is 4.39 Å². The summed E-state index contributed by atoms with van der Waals surface area (Å²) in [5.74, 6) is -1.71. The van der Waals surface area contributed by atoms with Gasteiger partial charge in [-0.2, -0.15) is 0 Å². The Labute approximate surface area is 190 Å². The number of hydrogen-bond acceptors (Lipinski definition) is 6. The summed E-state index contributed by atoms with van der Waals surface area (Å²) in [6.45, 7) is 4.12. The highest BCUT2D eigenvalue weighted by Gasteiger charge is 2.32. The summed E-state index contributed by atoms with van der Waals surface area (Å²) in [5.41, 5.74) is 0.649. The second kappa shape index (κ2) is 9.51. The average molecular weight is 461 g/mol. The zero-order valence-corrected chi connectivity index (χ0v) is 18.9. The molecule has 2 aromatic rings. The third kappa shape index (κ3) is 4.46. The number of carbonyl (C=O) groups is 2. The van der Waals surface area contributed by atoms with Crippen LogP contribution >= 0.6 is 0 Å². The van der Waals surface area contributed by atoms with Gasteiger partial charge in [-0.25, -0.2) is 9.18 Å². The fourth-order valence-corrected chi connectivity index (χ4v) is 5.14. The molecule has 1 N–H and O–H groups in total. The average Bonchev–Trinajstić information content (AvgIpc) is 3.62. The van der Waals surface area contributed by atoms with Gasteiger partial charge in [-0.05, 0) is 50.2 Å². The van der Waals surface area contributed by atoms with E-state index in [1.54, 1.807) is 14.0 Å². The molecule has 33 heavy (non-hydrogen) atoms. The number of rotatable bonds is 8. The maximum atomic E-state index is 15.5. The SMILES string of the molecule is COC[C@@H]1CN(c2c(F)cc3c(=O)c(C(=O)O)cn(C4CC4)c3c2C)CCC[C@@H]1COC=O. The molecular formula is C24H29FN2O6. The number of carboxylic acid groups (broad SMARTS) is 1. The second-order valence-corrected chi connectivity index (χ2v) is 9.04. The zero-order chi connectivity index (χ0) is 23.7. The number of carbonyl (C=O) groups excluding carboxylic acids is 1. The van der Waals surface area contributed by atoms with Gasteiger partial charge in [-0.1, -0.05) is 0 Å². The van der Waals surface area contributed by atoms with E-state index in [9.17, 15) is 19.5 Å². The van der Waals surface area contributed by atoms with Crippen LogP contribution < -0.4 is 10.3 Å². The number of carboxylic acids is 1. The fourth-order valence-electron chi connectivity index (χ4n) is 5.14. The van der Waals surface area contributed by atoms with E-state index in [-0.39, 0.29) is 28.8 Å². The minimum atomic E-state index is -1.31. The molecule has 2 atom stereocenters. The Balaban J connectivity index is 1.81. The molecular weight excluding hydrogens is 431 g/mol. The summed E-state index contributed by atoms with van der Waals surface area (Å²) in [5, 5.41) is 9.59. The Hall–Kier alpha value is -2.94. The van der Waals surface area contributed by atoms with Crippen LogP contribution in [0.3, 0.4) is 0 Å². The highest BCUT2D eigenvalue weighted by atomic mass is 19.1. The van der Waals surface area contributed by atoms with Gasteiger partial charge in [0.1, 0.15) is 11.4 Å². The quantitative estimate of drug-likeness (QED) is 0.605. The number of fused-ring (bicyclic) bond motifs is 1. The van der Waals surface area contributed by atoms with Gasteiger partial charge < -0.3 is 24.0 Å². The van der Waals surface area contributed by atoms with E-state index in [0.717, 1.165) is 25.7 Å². The summed E-state index contributed by atoms with van der Waals surface area (Å²) in [6.07, 6.45) is 4.80. The van der Waals surface area contributed by atoms with Crippen LogP contribution in [-0.2, 0) is 14.3 Å². The smallest absolute Gasteiger partial charge is 0.341 e. The van der Waals surface area contributed by atoms with E-state index in [4.69, 9.17) is 9.47 Å². The summed E-state index contributed by atoms with van der Waals surface area (Å²) >= 11 is 0. The van der Waals surface area contributed by atoms with Crippen LogP contribution in [0, 0.1) is 24.6 Å². The monoisotopic (exact) mass is 460 g/mol. The van der Waals surface area contributed by atoms with Crippen LogP contribution in [0.1, 0.15) is 47.6 Å². The molecule has 8 nitrogen and oxygen atoms in total. The molecule has 0 radical (unpaired) electrons. The molecule has 1 saturated heterocycles. The number of nitrogens with zero attached hydrogens (tertiary/aromatic N) is 2. The minimum Gasteiger partial charge on any atom is -0.477 e. The van der Waals surface area contributed by atoms with Gasteiger partial charge in [-0.15, -0.1) is 0 Å². The van der Waals surface area contributed by atoms with E-state index in [1.165, 1.54) is 12.3 Å². The Morgan fingerprint density at radius 3 is 2.67 bits per heavy atom. The van der Waals surface area contributed by atoms with Crippen molar-refractivity contribution < 1.29 is 28.6 Å². The lowest BCUT2D eigenvalue weighted by Gasteiger charge is -2.31. The number of aryl methyl sites for hydroxylation is 1. The minimum absolute atomic E-state index is 0.0342. The van der Waals surface area contributed by atoms with E-state index < -0.39 is 17.2 Å². The molecule has 0 bridgehead atoms. The molecule has 0 unspecified atom stereocenters. The number of halogens is 1. The Morgan fingerprint density at radius 2 is 2.03 bits per heavy atom. The van der Waals surface area contributed by atoms with Crippen molar-refractivity contribution in [2.75, 3.05) is 38.3 Å². The lowest BCUT2D eigenvalue weighted by atomic mass is 9.90. The van der Waals surface area contributed by atoms with Gasteiger partial charge in [0.2, 0.25) is 5.43 Å². The second-order valence-electron chi connectivity index (χ2n) is 9.04. The largest absolute Gasteiger partial charge is 0.477 e. The molecule has 0 spiro atoms. The first-order valence-corrected chi connectivity index (χ1v) is 11.3. The van der Waals surface area contributed by atoms with Gasteiger partial charge in [0, 0.05) is 43.7 Å². The van der Waals surface area contributed by atoms with Crippen molar-refractivity contribution in [1.29, 1.82) is 0 Å². The summed E-state index contributed by atoms with van der Waals surface area (Å²) < 4.78 is 27.8. The van der Waals surface area contributed by atoms with Crippen molar-refractivity contribution in [2.45, 2.75) is 38.6 Å². The van der Waals surface area contributed by atoms with Gasteiger partial charge >= 0.3 is 5.97 Å². The first-order valence-electron chi connectivity index (χ1n) is 11.3. The number of methoxy groups -OCH3 is 1. The lowest BCUT2D eigenvalue weighted by molar-refractivity contribution is -0.130. The highest BCUT2D eigenvalue weighted by molar-refractivity contribution is 5.95. The number of hydrogen-bond donors (Lipinski definition) is 1. The molecule has 1 aromatic carbocycles. The maximum absolute atomic E-state index is 15.5. The van der Waals surface area contributed by atoms with Crippen molar-refractivity contribution in [3.05, 3.63) is 39.4 Å². The number of anilines is 1. The maximum Gasteiger partial charge on any atom is 0.341 e.